The van der Waals surface area contributed by atoms with Gasteiger partial charge in [0.1, 0.15) is 5.82 Å². The van der Waals surface area contributed by atoms with E-state index in [1.807, 2.05) is 12.1 Å². The molecule has 2 aromatic heterocycles. The Kier molecular flexibility index (Phi) is 4.58. The fourth-order valence-corrected chi connectivity index (χ4v) is 3.55. The van der Waals surface area contributed by atoms with E-state index in [0.29, 0.717) is 0 Å². The lowest BCUT2D eigenvalue weighted by Crippen LogP contribution is -2.20. The number of fused-ring (bicyclic) bond motifs is 1. The molecule has 0 aliphatic heterocycles. The number of nitrogens with one attached hydrogen (secondary N) is 1. The second kappa shape index (κ2) is 6.60. The lowest BCUT2D eigenvalue weighted by molar-refractivity contribution is 0.593. The zero-order valence-corrected chi connectivity index (χ0v) is 13.5. The van der Waals surface area contributed by atoms with Crippen molar-refractivity contribution < 1.29 is 0 Å². The van der Waals surface area contributed by atoms with Crippen LogP contribution in [0.3, 0.4) is 0 Å². The highest BCUT2D eigenvalue weighted by molar-refractivity contribution is 7.16. The number of hydrogen-bond donors (Lipinski definition) is 1. The quantitative estimate of drug-likeness (QED) is 0.693. The van der Waals surface area contributed by atoms with Gasteiger partial charge in [0.25, 0.3) is 0 Å². The first-order chi connectivity index (χ1) is 10.3. The minimum absolute atomic E-state index is 0.848. The zero-order valence-electron chi connectivity index (χ0n) is 12.0. The van der Waals surface area contributed by atoms with Crippen molar-refractivity contribution >= 4 is 34.0 Å². The first-order valence-electron chi connectivity index (χ1n) is 7.17. The van der Waals surface area contributed by atoms with E-state index in [1.165, 1.54) is 10.4 Å². The van der Waals surface area contributed by atoms with Crippen molar-refractivity contribution in [1.29, 1.82) is 0 Å². The van der Waals surface area contributed by atoms with Crippen molar-refractivity contribution in [2.45, 2.75) is 26.4 Å². The second-order valence-electron chi connectivity index (χ2n) is 4.90. The van der Waals surface area contributed by atoms with Crippen molar-refractivity contribution in [2.24, 2.45) is 0 Å². The molecule has 110 valence electrons. The summed E-state index contributed by atoms with van der Waals surface area (Å²) in [6, 6.07) is 12.3. The number of hydrogen-bond acceptors (Lipinski definition) is 3. The highest BCUT2D eigenvalue weighted by atomic mass is 35.5. The molecule has 3 aromatic rings. The summed E-state index contributed by atoms with van der Waals surface area (Å²) >= 11 is 7.57. The molecule has 1 aromatic carbocycles. The van der Waals surface area contributed by atoms with E-state index in [4.69, 9.17) is 16.6 Å². The van der Waals surface area contributed by atoms with E-state index in [2.05, 4.69) is 41.1 Å². The molecule has 3 rings (SSSR count). The molecule has 1 N–H and O–H groups in total. The number of benzene rings is 1. The molecule has 0 saturated heterocycles. The van der Waals surface area contributed by atoms with E-state index < -0.39 is 0 Å². The summed E-state index contributed by atoms with van der Waals surface area (Å²) in [7, 11) is 0. The molecule has 0 amide bonds. The first kappa shape index (κ1) is 14.6. The van der Waals surface area contributed by atoms with Gasteiger partial charge < -0.3 is 9.88 Å². The molecular formula is C16H18ClN3S. The van der Waals surface area contributed by atoms with Gasteiger partial charge in [-0.2, -0.15) is 0 Å². The predicted molar refractivity (Wildman–Crippen MR) is 90.1 cm³/mol. The Morgan fingerprint density at radius 1 is 1.24 bits per heavy atom. The van der Waals surface area contributed by atoms with Crippen molar-refractivity contribution in [3.63, 3.8) is 0 Å². The van der Waals surface area contributed by atoms with Crippen LogP contribution < -0.4 is 5.32 Å². The van der Waals surface area contributed by atoms with Gasteiger partial charge >= 0.3 is 0 Å². The number of rotatable bonds is 6. The number of para-hydroxylation sites is 2. The number of nitrogens with zero attached hydrogens (tertiary/aromatic N) is 2. The van der Waals surface area contributed by atoms with Gasteiger partial charge in [0.15, 0.2) is 0 Å². The third-order valence-electron chi connectivity index (χ3n) is 3.49. The second-order valence-corrected chi connectivity index (χ2v) is 6.70. The topological polar surface area (TPSA) is 29.9 Å². The van der Waals surface area contributed by atoms with Gasteiger partial charge in [-0.3, -0.25) is 0 Å². The lowest BCUT2D eigenvalue weighted by atomic mass is 10.3. The Bertz CT molecular complexity index is 732. The van der Waals surface area contributed by atoms with Crippen LogP contribution in [0, 0.1) is 0 Å². The number of aryl methyl sites for hydroxylation is 1. The normalized spacial score (nSPS) is 11.3. The van der Waals surface area contributed by atoms with E-state index in [0.717, 1.165) is 41.7 Å². The van der Waals surface area contributed by atoms with E-state index in [9.17, 15) is 0 Å². The minimum atomic E-state index is 0.848. The number of halogens is 1. The summed E-state index contributed by atoms with van der Waals surface area (Å²) in [5.41, 5.74) is 2.30. The Morgan fingerprint density at radius 3 is 2.86 bits per heavy atom. The molecule has 0 bridgehead atoms. The molecule has 2 heterocycles. The highest BCUT2D eigenvalue weighted by Gasteiger charge is 2.08. The van der Waals surface area contributed by atoms with Crippen LogP contribution in [0.5, 0.6) is 0 Å². The largest absolute Gasteiger partial charge is 0.327 e. The summed E-state index contributed by atoms with van der Waals surface area (Å²) in [4.78, 5) is 5.96. The monoisotopic (exact) mass is 319 g/mol. The van der Waals surface area contributed by atoms with Gasteiger partial charge in [0, 0.05) is 30.9 Å². The van der Waals surface area contributed by atoms with Crippen LogP contribution in [-0.2, 0) is 19.5 Å². The molecule has 5 heteroatoms. The number of thiophene rings is 1. The van der Waals surface area contributed by atoms with Gasteiger partial charge in [-0.05, 0) is 24.3 Å². The first-order valence-corrected chi connectivity index (χ1v) is 8.36. The Hall–Kier alpha value is -1.36. The zero-order chi connectivity index (χ0) is 14.7. The fourth-order valence-electron chi connectivity index (χ4n) is 2.49. The third-order valence-corrected chi connectivity index (χ3v) is 4.72. The van der Waals surface area contributed by atoms with Crippen LogP contribution in [0.1, 0.15) is 17.6 Å². The van der Waals surface area contributed by atoms with Crippen LogP contribution >= 0.6 is 22.9 Å². The molecule has 0 radical (unpaired) electrons. The van der Waals surface area contributed by atoms with Gasteiger partial charge in [0.2, 0.25) is 0 Å². The molecule has 3 nitrogen and oxygen atoms in total. The summed E-state index contributed by atoms with van der Waals surface area (Å²) in [5, 5.41) is 3.47. The molecule has 0 fully saturated rings. The molecule has 0 aliphatic carbocycles. The van der Waals surface area contributed by atoms with Crippen molar-refractivity contribution in [2.75, 3.05) is 6.54 Å². The Morgan fingerprint density at radius 2 is 2.10 bits per heavy atom. The van der Waals surface area contributed by atoms with Crippen molar-refractivity contribution in [1.82, 2.24) is 14.9 Å². The van der Waals surface area contributed by atoms with Crippen LogP contribution in [-0.4, -0.2) is 16.1 Å². The SMILES string of the molecule is CCc1nc2ccccc2n1CCNCc1ccc(Cl)s1. The summed E-state index contributed by atoms with van der Waals surface area (Å²) in [6.45, 7) is 4.87. The highest BCUT2D eigenvalue weighted by Crippen LogP contribution is 2.21. The van der Waals surface area contributed by atoms with E-state index in [1.54, 1.807) is 11.3 Å². The van der Waals surface area contributed by atoms with Gasteiger partial charge in [0.05, 0.1) is 15.4 Å². The molecule has 0 aliphatic rings. The van der Waals surface area contributed by atoms with Crippen LogP contribution in [0.4, 0.5) is 0 Å². The Balaban J connectivity index is 1.64. The van der Waals surface area contributed by atoms with Crippen LogP contribution in [0.2, 0.25) is 4.34 Å². The third kappa shape index (κ3) is 3.28. The van der Waals surface area contributed by atoms with Crippen LogP contribution in [0.15, 0.2) is 36.4 Å². The molecule has 0 unspecified atom stereocenters. The fraction of sp³-hybridized carbons (Fsp3) is 0.312. The average Bonchev–Trinajstić information content (AvgIpc) is 3.07. The summed E-state index contributed by atoms with van der Waals surface area (Å²) in [5.74, 6) is 1.15. The number of imidazole rings is 1. The molecule has 0 atom stereocenters. The minimum Gasteiger partial charge on any atom is -0.327 e. The average molecular weight is 320 g/mol. The Labute approximate surface area is 133 Å². The van der Waals surface area contributed by atoms with Crippen molar-refractivity contribution in [3.05, 3.63) is 51.4 Å². The molecular weight excluding hydrogens is 302 g/mol. The number of aromatic nitrogens is 2. The van der Waals surface area contributed by atoms with E-state index >= 15 is 0 Å². The van der Waals surface area contributed by atoms with Gasteiger partial charge in [-0.1, -0.05) is 30.7 Å². The lowest BCUT2D eigenvalue weighted by Gasteiger charge is -2.09. The predicted octanol–water partition coefficient (Wildman–Crippen LogP) is 4.10. The summed E-state index contributed by atoms with van der Waals surface area (Å²) < 4.78 is 3.16. The van der Waals surface area contributed by atoms with E-state index in [-0.39, 0.29) is 0 Å². The van der Waals surface area contributed by atoms with Gasteiger partial charge in [-0.15, -0.1) is 11.3 Å². The van der Waals surface area contributed by atoms with Gasteiger partial charge in [-0.25, -0.2) is 4.98 Å². The summed E-state index contributed by atoms with van der Waals surface area (Å²) in [6.07, 6.45) is 0.954. The maximum Gasteiger partial charge on any atom is 0.109 e. The van der Waals surface area contributed by atoms with Crippen molar-refractivity contribution in [3.8, 4) is 0 Å². The molecule has 0 saturated carbocycles. The smallest absolute Gasteiger partial charge is 0.109 e. The molecule has 21 heavy (non-hydrogen) atoms. The maximum absolute atomic E-state index is 5.94. The molecule has 0 spiro atoms. The maximum atomic E-state index is 5.94. The standard InChI is InChI=1S/C16H18ClN3S/c1-2-16-19-13-5-3-4-6-14(13)20(16)10-9-18-11-12-7-8-15(17)21-12/h3-8,18H,2,9-11H2,1H3. The van der Waals surface area contributed by atoms with Crippen LogP contribution in [0.25, 0.3) is 11.0 Å².